The van der Waals surface area contributed by atoms with Crippen LogP contribution in [0.1, 0.15) is 0 Å². The Hall–Kier alpha value is -2.09. The van der Waals surface area contributed by atoms with Crippen LogP contribution in [0.4, 0.5) is 0 Å². The molecule has 0 saturated heterocycles. The van der Waals surface area contributed by atoms with Crippen molar-refractivity contribution in [3.8, 4) is 0 Å². The first-order valence-electron chi connectivity index (χ1n) is 6.37. The molecule has 0 bridgehead atoms. The molecule has 2 heterocycles. The molecule has 0 N–H and O–H groups in total. The Morgan fingerprint density at radius 3 is 1.35 bits per heavy atom. The zero-order valence-corrected chi connectivity index (χ0v) is 15.6. The third-order valence-electron chi connectivity index (χ3n) is 2.92. The zero-order valence-electron chi connectivity index (χ0n) is 13.2. The molecular formula is C20H18IrN2-4. The second-order valence-corrected chi connectivity index (χ2v) is 4.27. The van der Waals surface area contributed by atoms with Crippen LogP contribution in [0.2, 0.25) is 0 Å². The van der Waals surface area contributed by atoms with Crippen LogP contribution in [0.5, 0.6) is 0 Å². The van der Waals surface area contributed by atoms with Crippen LogP contribution in [0, 0.1) is 27.2 Å². The Morgan fingerprint density at radius 2 is 0.957 bits per heavy atom. The normalized spacial score (nSPS) is 8.70. The van der Waals surface area contributed by atoms with E-state index in [0.29, 0.717) is 0 Å². The maximum atomic E-state index is 4.06. The van der Waals surface area contributed by atoms with Crippen molar-refractivity contribution in [2.24, 2.45) is 0 Å². The molecule has 2 aromatic carbocycles. The molecule has 1 radical (unpaired) electrons. The van der Waals surface area contributed by atoms with Crippen LogP contribution in [0.25, 0.3) is 21.8 Å². The van der Waals surface area contributed by atoms with Gasteiger partial charge in [0.05, 0.1) is 0 Å². The van der Waals surface area contributed by atoms with Crippen molar-refractivity contribution in [2.45, 2.75) is 0 Å². The van der Waals surface area contributed by atoms with E-state index in [1.807, 2.05) is 72.8 Å². The van der Waals surface area contributed by atoms with Crippen molar-refractivity contribution in [2.75, 3.05) is 0 Å². The minimum absolute atomic E-state index is 0. The summed E-state index contributed by atoms with van der Waals surface area (Å²) >= 11 is 0. The second-order valence-electron chi connectivity index (χ2n) is 4.27. The van der Waals surface area contributed by atoms with Gasteiger partial charge < -0.3 is 24.8 Å². The standard InChI is InChI=1S/2C9H6N.2CH3.Ir/c2*1-2-6-9-8(4-1)5-3-7-10-9;;;/h2*1-6H;2*1H3;/q4*-1;. The van der Waals surface area contributed by atoms with Gasteiger partial charge in [-0.1, -0.05) is 60.9 Å². The number of benzene rings is 2. The Kier molecular flexibility index (Phi) is 9.64. The van der Waals surface area contributed by atoms with Crippen LogP contribution in [0.15, 0.2) is 72.8 Å². The van der Waals surface area contributed by atoms with E-state index in [1.165, 1.54) is 10.8 Å². The quantitative estimate of drug-likeness (QED) is 0.334. The molecular weight excluding hydrogens is 460 g/mol. The molecule has 0 aliphatic heterocycles. The first kappa shape index (κ1) is 20.9. The molecule has 0 fully saturated rings. The molecule has 4 rings (SSSR count). The minimum atomic E-state index is 0. The number of aromatic nitrogens is 2. The van der Waals surface area contributed by atoms with Gasteiger partial charge in [0.25, 0.3) is 0 Å². The molecule has 3 heteroatoms. The summed E-state index contributed by atoms with van der Waals surface area (Å²) in [4.78, 5) is 8.11. The Bertz CT molecular complexity index is 629. The van der Waals surface area contributed by atoms with Crippen molar-refractivity contribution in [3.63, 3.8) is 0 Å². The van der Waals surface area contributed by atoms with Crippen molar-refractivity contribution in [1.82, 2.24) is 9.97 Å². The van der Waals surface area contributed by atoms with E-state index in [2.05, 4.69) is 22.4 Å². The SMILES string of the molecule is [CH3-].[CH3-].[Ir].[c-]1ccc2ccccc2n1.[c-]1ccc2ccccc2n1. The van der Waals surface area contributed by atoms with Gasteiger partial charge in [-0.25, -0.2) is 0 Å². The fraction of sp³-hybridized carbons (Fsp3) is 0. The van der Waals surface area contributed by atoms with Crippen molar-refractivity contribution in [1.29, 1.82) is 0 Å². The van der Waals surface area contributed by atoms with Crippen LogP contribution < -0.4 is 0 Å². The van der Waals surface area contributed by atoms with Gasteiger partial charge in [-0.15, -0.1) is 10.8 Å². The summed E-state index contributed by atoms with van der Waals surface area (Å²) in [5.74, 6) is 0. The van der Waals surface area contributed by atoms with Gasteiger partial charge in [0, 0.05) is 20.1 Å². The van der Waals surface area contributed by atoms with E-state index in [1.54, 1.807) is 0 Å². The molecule has 0 aliphatic carbocycles. The molecule has 0 spiro atoms. The predicted molar refractivity (Wildman–Crippen MR) is 94.0 cm³/mol. The number of hydrogen-bond acceptors (Lipinski definition) is 2. The van der Waals surface area contributed by atoms with Gasteiger partial charge in [0.2, 0.25) is 0 Å². The van der Waals surface area contributed by atoms with Gasteiger partial charge in [0.15, 0.2) is 0 Å². The molecule has 2 aromatic heterocycles. The maximum Gasteiger partial charge on any atom is 0 e. The van der Waals surface area contributed by atoms with Crippen LogP contribution in [-0.4, -0.2) is 9.97 Å². The molecule has 0 amide bonds. The number of hydrogen-bond donors (Lipinski definition) is 0. The fourth-order valence-corrected chi connectivity index (χ4v) is 1.93. The zero-order chi connectivity index (χ0) is 13.6. The van der Waals surface area contributed by atoms with Crippen molar-refractivity contribution < 1.29 is 20.1 Å². The van der Waals surface area contributed by atoms with E-state index in [0.717, 1.165) is 11.0 Å². The van der Waals surface area contributed by atoms with E-state index < -0.39 is 0 Å². The van der Waals surface area contributed by atoms with Gasteiger partial charge in [-0.3, -0.25) is 0 Å². The number of nitrogens with zero attached hydrogens (tertiary/aromatic N) is 2. The van der Waals surface area contributed by atoms with Gasteiger partial charge in [0.1, 0.15) is 0 Å². The van der Waals surface area contributed by atoms with Crippen molar-refractivity contribution in [3.05, 3.63) is 100 Å². The van der Waals surface area contributed by atoms with E-state index in [-0.39, 0.29) is 35.0 Å². The van der Waals surface area contributed by atoms with Gasteiger partial charge in [-0.2, -0.15) is 24.3 Å². The second kappa shape index (κ2) is 10.6. The molecule has 0 unspecified atom stereocenters. The average molecular weight is 479 g/mol. The molecule has 4 aromatic rings. The van der Waals surface area contributed by atoms with Crippen molar-refractivity contribution >= 4 is 21.8 Å². The summed E-state index contributed by atoms with van der Waals surface area (Å²) in [6, 6.07) is 23.6. The number of fused-ring (bicyclic) bond motifs is 2. The molecule has 121 valence electrons. The van der Waals surface area contributed by atoms with Crippen LogP contribution in [-0.2, 0) is 20.1 Å². The summed E-state index contributed by atoms with van der Waals surface area (Å²) < 4.78 is 0. The maximum absolute atomic E-state index is 4.06. The Labute approximate surface area is 152 Å². The van der Waals surface area contributed by atoms with E-state index in [4.69, 9.17) is 0 Å². The monoisotopic (exact) mass is 479 g/mol. The molecule has 0 aliphatic rings. The van der Waals surface area contributed by atoms with Gasteiger partial charge >= 0.3 is 0 Å². The fourth-order valence-electron chi connectivity index (χ4n) is 1.93. The first-order chi connectivity index (χ1) is 9.93. The summed E-state index contributed by atoms with van der Waals surface area (Å²) in [7, 11) is 0. The predicted octanol–water partition coefficient (Wildman–Crippen LogP) is 4.97. The van der Waals surface area contributed by atoms with Crippen LogP contribution >= 0.6 is 0 Å². The molecule has 0 atom stereocenters. The van der Waals surface area contributed by atoms with Gasteiger partial charge in [-0.05, 0) is 11.0 Å². The third-order valence-corrected chi connectivity index (χ3v) is 2.92. The molecule has 0 saturated carbocycles. The first-order valence-corrected chi connectivity index (χ1v) is 6.37. The van der Waals surface area contributed by atoms with Crippen LogP contribution in [0.3, 0.4) is 0 Å². The Balaban J connectivity index is 0.000000372. The average Bonchev–Trinajstić information content (AvgIpc) is 2.56. The largest absolute Gasteiger partial charge is 0.386 e. The van der Waals surface area contributed by atoms with E-state index >= 15 is 0 Å². The number of para-hydroxylation sites is 2. The minimum Gasteiger partial charge on any atom is -0.386 e. The number of rotatable bonds is 0. The summed E-state index contributed by atoms with van der Waals surface area (Å²) in [5, 5.41) is 2.34. The number of pyridine rings is 2. The van der Waals surface area contributed by atoms with E-state index in [9.17, 15) is 0 Å². The Morgan fingerprint density at radius 1 is 0.565 bits per heavy atom. The smallest absolute Gasteiger partial charge is 0 e. The molecule has 23 heavy (non-hydrogen) atoms. The third kappa shape index (κ3) is 5.55. The topological polar surface area (TPSA) is 25.8 Å². The summed E-state index contributed by atoms with van der Waals surface area (Å²) in [6.45, 7) is 0. The molecule has 2 nitrogen and oxygen atoms in total. The summed E-state index contributed by atoms with van der Waals surface area (Å²) in [6.07, 6.45) is 5.57. The summed E-state index contributed by atoms with van der Waals surface area (Å²) in [5.41, 5.74) is 2.01.